The average molecular weight is 347 g/mol. The molecule has 5 heteroatoms. The Morgan fingerprint density at radius 2 is 1.83 bits per heavy atom. The number of ether oxygens (including phenoxy) is 1. The van der Waals surface area contributed by atoms with E-state index in [2.05, 4.69) is 5.32 Å². The van der Waals surface area contributed by atoms with Crippen LogP contribution < -0.4 is 15.8 Å². The van der Waals surface area contributed by atoms with Crippen LogP contribution in [0.2, 0.25) is 5.02 Å². The molecule has 3 N–H and O–H groups in total. The van der Waals surface area contributed by atoms with Crippen LogP contribution in [0.1, 0.15) is 18.9 Å². The van der Waals surface area contributed by atoms with Gasteiger partial charge >= 0.3 is 0 Å². The first-order valence-corrected chi connectivity index (χ1v) is 8.46. The highest BCUT2D eigenvalue weighted by atomic mass is 35.5. The summed E-state index contributed by atoms with van der Waals surface area (Å²) in [7, 11) is 0. The van der Waals surface area contributed by atoms with Crippen molar-refractivity contribution in [3.8, 4) is 5.75 Å². The van der Waals surface area contributed by atoms with Crippen LogP contribution in [-0.4, -0.2) is 24.6 Å². The van der Waals surface area contributed by atoms with Gasteiger partial charge < -0.3 is 15.8 Å². The van der Waals surface area contributed by atoms with Crippen LogP contribution in [0.4, 0.5) is 0 Å². The lowest BCUT2D eigenvalue weighted by Gasteiger charge is -2.20. The van der Waals surface area contributed by atoms with Crippen LogP contribution >= 0.6 is 11.6 Å². The Balaban J connectivity index is 1.83. The van der Waals surface area contributed by atoms with Crippen LogP contribution in [-0.2, 0) is 11.2 Å². The van der Waals surface area contributed by atoms with Gasteiger partial charge in [-0.15, -0.1) is 0 Å². The second-order valence-corrected chi connectivity index (χ2v) is 6.03. The maximum Gasteiger partial charge on any atom is 0.237 e. The lowest BCUT2D eigenvalue weighted by molar-refractivity contribution is -0.122. The quantitative estimate of drug-likeness (QED) is 0.771. The van der Waals surface area contributed by atoms with E-state index in [4.69, 9.17) is 22.1 Å². The summed E-state index contributed by atoms with van der Waals surface area (Å²) in [5.41, 5.74) is 7.02. The van der Waals surface area contributed by atoms with Crippen molar-refractivity contribution < 1.29 is 9.53 Å². The zero-order valence-electron chi connectivity index (χ0n) is 13.7. The van der Waals surface area contributed by atoms with Gasteiger partial charge in [0, 0.05) is 0 Å². The Bertz CT molecular complexity index is 649. The third-order valence-corrected chi connectivity index (χ3v) is 4.04. The number of amides is 1. The van der Waals surface area contributed by atoms with Crippen molar-refractivity contribution in [2.24, 2.45) is 5.73 Å². The monoisotopic (exact) mass is 346 g/mol. The standard InChI is InChI=1S/C19H23ClN2O2/c1-2-15(24-18-11-7-6-10-16(18)20)13-22-19(23)17(21)12-14-8-4-3-5-9-14/h3-11,15,17H,2,12-13,21H2,1H3,(H,22,23)/t15?,17-/m0/s1. The van der Waals surface area contributed by atoms with Gasteiger partial charge in [-0.2, -0.15) is 0 Å². The zero-order valence-corrected chi connectivity index (χ0v) is 14.5. The molecule has 0 bridgehead atoms. The second-order valence-electron chi connectivity index (χ2n) is 5.62. The molecular weight excluding hydrogens is 324 g/mol. The summed E-state index contributed by atoms with van der Waals surface area (Å²) < 4.78 is 5.86. The number of para-hydroxylation sites is 1. The molecule has 0 aliphatic carbocycles. The fourth-order valence-corrected chi connectivity index (χ4v) is 2.48. The summed E-state index contributed by atoms with van der Waals surface area (Å²) in [5.74, 6) is 0.439. The van der Waals surface area contributed by atoms with E-state index in [-0.39, 0.29) is 12.0 Å². The molecule has 128 valence electrons. The van der Waals surface area contributed by atoms with E-state index < -0.39 is 6.04 Å². The van der Waals surface area contributed by atoms with Gasteiger partial charge in [0.05, 0.1) is 17.6 Å². The number of rotatable bonds is 8. The summed E-state index contributed by atoms with van der Waals surface area (Å²) in [6.07, 6.45) is 1.10. The van der Waals surface area contributed by atoms with E-state index in [1.54, 1.807) is 6.07 Å². The van der Waals surface area contributed by atoms with Gasteiger partial charge in [0.25, 0.3) is 0 Å². The van der Waals surface area contributed by atoms with Crippen molar-refractivity contribution in [3.63, 3.8) is 0 Å². The molecular formula is C19H23ClN2O2. The molecule has 0 saturated carbocycles. The average Bonchev–Trinajstić information content (AvgIpc) is 2.60. The minimum atomic E-state index is -0.579. The number of hydrogen-bond donors (Lipinski definition) is 2. The third kappa shape index (κ3) is 5.55. The largest absolute Gasteiger partial charge is 0.487 e. The van der Waals surface area contributed by atoms with Gasteiger partial charge in [0.15, 0.2) is 0 Å². The summed E-state index contributed by atoms with van der Waals surface area (Å²) in [6, 6.07) is 16.5. The van der Waals surface area contributed by atoms with Gasteiger partial charge in [-0.1, -0.05) is 61.0 Å². The van der Waals surface area contributed by atoms with E-state index >= 15 is 0 Å². The number of carbonyl (C=O) groups is 1. The first-order chi connectivity index (χ1) is 11.6. The van der Waals surface area contributed by atoms with E-state index in [1.807, 2.05) is 55.5 Å². The van der Waals surface area contributed by atoms with Crippen molar-refractivity contribution >= 4 is 17.5 Å². The van der Waals surface area contributed by atoms with Crippen LogP contribution in [0.15, 0.2) is 54.6 Å². The van der Waals surface area contributed by atoms with Gasteiger partial charge in [-0.05, 0) is 30.5 Å². The molecule has 2 atom stereocenters. The number of hydrogen-bond acceptors (Lipinski definition) is 3. The molecule has 0 spiro atoms. The number of nitrogens with one attached hydrogen (secondary N) is 1. The number of nitrogens with two attached hydrogens (primary N) is 1. The minimum absolute atomic E-state index is 0.155. The van der Waals surface area contributed by atoms with Crippen molar-refractivity contribution in [2.45, 2.75) is 31.9 Å². The Kier molecular flexibility index (Phi) is 7.09. The van der Waals surface area contributed by atoms with E-state index in [0.717, 1.165) is 12.0 Å². The van der Waals surface area contributed by atoms with Gasteiger partial charge in [-0.25, -0.2) is 0 Å². The van der Waals surface area contributed by atoms with Gasteiger partial charge in [0.2, 0.25) is 5.91 Å². The minimum Gasteiger partial charge on any atom is -0.487 e. The first kappa shape index (κ1) is 18.3. The highest BCUT2D eigenvalue weighted by Crippen LogP contribution is 2.24. The van der Waals surface area contributed by atoms with Crippen molar-refractivity contribution in [2.75, 3.05) is 6.54 Å². The number of halogens is 1. The lowest BCUT2D eigenvalue weighted by atomic mass is 10.1. The topological polar surface area (TPSA) is 64.4 Å². The molecule has 2 rings (SSSR count). The summed E-state index contributed by atoms with van der Waals surface area (Å²) in [5, 5.41) is 3.42. The Labute approximate surface area is 148 Å². The molecule has 0 aliphatic heterocycles. The number of carbonyl (C=O) groups excluding carboxylic acids is 1. The summed E-state index contributed by atoms with van der Waals surface area (Å²) >= 11 is 6.10. The van der Waals surface area contributed by atoms with Gasteiger partial charge in [-0.3, -0.25) is 4.79 Å². The van der Waals surface area contributed by atoms with Crippen LogP contribution in [0.3, 0.4) is 0 Å². The fraction of sp³-hybridized carbons (Fsp3) is 0.316. The third-order valence-electron chi connectivity index (χ3n) is 3.72. The molecule has 2 aromatic carbocycles. The molecule has 0 heterocycles. The Morgan fingerprint density at radius 1 is 1.17 bits per heavy atom. The molecule has 4 nitrogen and oxygen atoms in total. The van der Waals surface area contributed by atoms with Crippen molar-refractivity contribution in [1.29, 1.82) is 0 Å². The first-order valence-electron chi connectivity index (χ1n) is 8.08. The molecule has 0 aliphatic rings. The maximum atomic E-state index is 12.2. The van der Waals surface area contributed by atoms with E-state index in [9.17, 15) is 4.79 Å². The van der Waals surface area contributed by atoms with Crippen LogP contribution in [0.5, 0.6) is 5.75 Å². The molecule has 0 fully saturated rings. The predicted molar refractivity (Wildman–Crippen MR) is 97.3 cm³/mol. The highest BCUT2D eigenvalue weighted by molar-refractivity contribution is 6.32. The second kappa shape index (κ2) is 9.30. The summed E-state index contributed by atoms with van der Waals surface area (Å²) in [4.78, 5) is 12.2. The fourth-order valence-electron chi connectivity index (χ4n) is 2.30. The molecule has 0 saturated heterocycles. The van der Waals surface area contributed by atoms with Crippen LogP contribution in [0, 0.1) is 0 Å². The molecule has 0 radical (unpaired) electrons. The molecule has 24 heavy (non-hydrogen) atoms. The molecule has 2 aromatic rings. The number of benzene rings is 2. The normalized spacial score (nSPS) is 13.1. The van der Waals surface area contributed by atoms with Crippen molar-refractivity contribution in [3.05, 3.63) is 65.2 Å². The zero-order chi connectivity index (χ0) is 17.4. The summed E-state index contributed by atoms with van der Waals surface area (Å²) in [6.45, 7) is 2.39. The lowest BCUT2D eigenvalue weighted by Crippen LogP contribution is -2.45. The van der Waals surface area contributed by atoms with Crippen LogP contribution in [0.25, 0.3) is 0 Å². The van der Waals surface area contributed by atoms with E-state index in [0.29, 0.717) is 23.7 Å². The highest BCUT2D eigenvalue weighted by Gasteiger charge is 2.17. The SMILES string of the molecule is CCC(CNC(=O)[C@@H](N)Cc1ccccc1)Oc1ccccc1Cl. The smallest absolute Gasteiger partial charge is 0.237 e. The molecule has 1 amide bonds. The Hall–Kier alpha value is -2.04. The van der Waals surface area contributed by atoms with Crippen molar-refractivity contribution in [1.82, 2.24) is 5.32 Å². The Morgan fingerprint density at radius 3 is 2.50 bits per heavy atom. The molecule has 0 aromatic heterocycles. The maximum absolute atomic E-state index is 12.2. The van der Waals surface area contributed by atoms with E-state index in [1.165, 1.54) is 0 Å². The van der Waals surface area contributed by atoms with Gasteiger partial charge in [0.1, 0.15) is 11.9 Å². The predicted octanol–water partition coefficient (Wildman–Crippen LogP) is 3.18. The molecule has 1 unspecified atom stereocenters.